The molecular weight excluding hydrogens is 350 g/mol. The number of benzene rings is 1. The molecule has 0 saturated heterocycles. The highest BCUT2D eigenvalue weighted by molar-refractivity contribution is 6.06. The van der Waals surface area contributed by atoms with Gasteiger partial charge >= 0.3 is 5.69 Å². The van der Waals surface area contributed by atoms with Crippen LogP contribution in [0.4, 0.5) is 0 Å². The van der Waals surface area contributed by atoms with Gasteiger partial charge in [-0.05, 0) is 31.5 Å². The van der Waals surface area contributed by atoms with Crippen LogP contribution in [0.5, 0.6) is 11.5 Å². The number of H-pyrrole nitrogens is 2. The van der Waals surface area contributed by atoms with Gasteiger partial charge in [-0.1, -0.05) is 6.07 Å². The average molecular weight is 369 g/mol. The Hall–Kier alpha value is -3.49. The van der Waals surface area contributed by atoms with Gasteiger partial charge in [-0.25, -0.2) is 9.78 Å². The Kier molecular flexibility index (Phi) is 3.62. The monoisotopic (exact) mass is 369 g/mol. The van der Waals surface area contributed by atoms with E-state index in [1.54, 1.807) is 23.9 Å². The molecule has 0 spiro atoms. The van der Waals surface area contributed by atoms with Crippen molar-refractivity contribution in [2.45, 2.75) is 19.9 Å². The summed E-state index contributed by atoms with van der Waals surface area (Å²) in [6.07, 6.45) is 0. The molecule has 9 nitrogen and oxygen atoms in total. The van der Waals surface area contributed by atoms with Crippen LogP contribution in [-0.2, 0) is 7.05 Å². The number of methoxy groups -OCH3 is 1. The van der Waals surface area contributed by atoms with Gasteiger partial charge < -0.3 is 9.84 Å². The zero-order valence-electron chi connectivity index (χ0n) is 15.3. The number of phenolic OH excluding ortho intramolecular Hbond substituents is 1. The van der Waals surface area contributed by atoms with Crippen LogP contribution in [0.1, 0.15) is 19.9 Å². The van der Waals surface area contributed by atoms with Crippen LogP contribution in [-0.4, -0.2) is 36.5 Å². The fourth-order valence-electron chi connectivity index (χ4n) is 3.36. The number of fused-ring (bicyclic) bond motifs is 2. The highest BCUT2D eigenvalue weighted by atomic mass is 16.5. The van der Waals surface area contributed by atoms with E-state index < -0.39 is 0 Å². The molecule has 140 valence electrons. The number of aryl methyl sites for hydroxylation is 1. The number of hydrogen-bond donors (Lipinski definition) is 3. The number of pyridine rings is 1. The molecule has 0 radical (unpaired) electrons. The molecule has 0 atom stereocenters. The molecule has 4 aromatic rings. The molecule has 3 aromatic heterocycles. The van der Waals surface area contributed by atoms with Crippen molar-refractivity contribution in [2.24, 2.45) is 7.05 Å². The third-order valence-electron chi connectivity index (χ3n) is 4.68. The van der Waals surface area contributed by atoms with Crippen LogP contribution in [0.3, 0.4) is 0 Å². The van der Waals surface area contributed by atoms with E-state index in [9.17, 15) is 14.7 Å². The summed E-state index contributed by atoms with van der Waals surface area (Å²) in [4.78, 5) is 32.3. The van der Waals surface area contributed by atoms with Gasteiger partial charge in [-0.15, -0.1) is 0 Å². The minimum Gasteiger partial charge on any atom is -0.504 e. The third kappa shape index (κ3) is 2.35. The van der Waals surface area contributed by atoms with Crippen LogP contribution in [0.2, 0.25) is 0 Å². The maximum Gasteiger partial charge on any atom is 0.327 e. The molecule has 0 bridgehead atoms. The van der Waals surface area contributed by atoms with E-state index in [4.69, 9.17) is 4.74 Å². The SMILES string of the molecule is COc1cc(-c2c3c(=O)[nH]n(C(C)C)c3nc3[nH]c(=O)n(C)c23)ccc1O. The van der Waals surface area contributed by atoms with Crippen LogP contribution in [0, 0.1) is 0 Å². The van der Waals surface area contributed by atoms with Crippen LogP contribution in [0.25, 0.3) is 33.3 Å². The minimum atomic E-state index is -0.329. The molecule has 27 heavy (non-hydrogen) atoms. The Balaban J connectivity index is 2.25. The van der Waals surface area contributed by atoms with Crippen LogP contribution in [0.15, 0.2) is 27.8 Å². The largest absolute Gasteiger partial charge is 0.504 e. The molecule has 0 aliphatic carbocycles. The first-order valence-electron chi connectivity index (χ1n) is 8.43. The lowest BCUT2D eigenvalue weighted by molar-refractivity contribution is 0.373. The second kappa shape index (κ2) is 5.76. The van der Waals surface area contributed by atoms with Gasteiger partial charge in [0.25, 0.3) is 5.56 Å². The first kappa shape index (κ1) is 17.0. The highest BCUT2D eigenvalue weighted by Gasteiger charge is 2.23. The zero-order chi connectivity index (χ0) is 19.5. The summed E-state index contributed by atoms with van der Waals surface area (Å²) < 4.78 is 8.30. The average Bonchev–Trinajstić information content (AvgIpc) is 3.11. The van der Waals surface area contributed by atoms with Gasteiger partial charge in [-0.2, -0.15) is 0 Å². The lowest BCUT2D eigenvalue weighted by Gasteiger charge is -2.11. The number of imidazole rings is 1. The fraction of sp³-hybridized carbons (Fsp3) is 0.278. The summed E-state index contributed by atoms with van der Waals surface area (Å²) in [5.74, 6) is 0.255. The van der Waals surface area contributed by atoms with Gasteiger partial charge in [0.2, 0.25) is 0 Å². The van der Waals surface area contributed by atoms with E-state index in [-0.39, 0.29) is 28.8 Å². The maximum atomic E-state index is 12.8. The standard InChI is InChI=1S/C18H19N5O4/c1-8(2)23-16-13(17(25)21-23)12(9-5-6-10(24)11(7-9)27-4)14-15(19-16)20-18(26)22(14)3/h5-8,24H,1-4H3,(H,21,25)(H,19,20,26). The van der Waals surface area contributed by atoms with E-state index in [1.165, 1.54) is 17.7 Å². The molecule has 0 amide bonds. The van der Waals surface area contributed by atoms with Crippen molar-refractivity contribution >= 4 is 22.2 Å². The Morgan fingerprint density at radius 1 is 1.26 bits per heavy atom. The Morgan fingerprint density at radius 3 is 2.67 bits per heavy atom. The predicted octanol–water partition coefficient (Wildman–Crippen LogP) is 1.87. The summed E-state index contributed by atoms with van der Waals surface area (Å²) in [5, 5.41) is 13.1. The number of nitrogens with one attached hydrogen (secondary N) is 2. The molecule has 3 heterocycles. The second-order valence-corrected chi connectivity index (χ2v) is 6.66. The maximum absolute atomic E-state index is 12.8. The first-order valence-corrected chi connectivity index (χ1v) is 8.43. The Labute approximate surface area is 152 Å². The van der Waals surface area contributed by atoms with Crippen molar-refractivity contribution in [1.29, 1.82) is 0 Å². The van der Waals surface area contributed by atoms with E-state index >= 15 is 0 Å². The van der Waals surface area contributed by atoms with Gasteiger partial charge in [0.15, 0.2) is 22.8 Å². The number of aromatic hydroxyl groups is 1. The van der Waals surface area contributed by atoms with Crippen molar-refractivity contribution in [3.8, 4) is 22.6 Å². The molecule has 0 aliphatic heterocycles. The van der Waals surface area contributed by atoms with E-state index in [0.717, 1.165) is 0 Å². The summed E-state index contributed by atoms with van der Waals surface area (Å²) in [6, 6.07) is 4.77. The molecular formula is C18H19N5O4. The number of ether oxygens (including phenoxy) is 1. The number of phenols is 1. The number of nitrogens with zero attached hydrogens (tertiary/aromatic N) is 3. The van der Waals surface area contributed by atoms with Crippen molar-refractivity contribution in [3.63, 3.8) is 0 Å². The molecule has 1 aromatic carbocycles. The highest BCUT2D eigenvalue weighted by Crippen LogP contribution is 2.37. The lowest BCUT2D eigenvalue weighted by Crippen LogP contribution is -2.12. The number of rotatable bonds is 3. The topological polar surface area (TPSA) is 118 Å². The number of hydrogen-bond acceptors (Lipinski definition) is 5. The van der Waals surface area contributed by atoms with E-state index in [1.807, 2.05) is 13.8 Å². The zero-order valence-corrected chi connectivity index (χ0v) is 15.3. The van der Waals surface area contributed by atoms with Gasteiger partial charge in [0.1, 0.15) is 0 Å². The van der Waals surface area contributed by atoms with Gasteiger partial charge in [-0.3, -0.25) is 24.1 Å². The van der Waals surface area contributed by atoms with E-state index in [0.29, 0.717) is 33.3 Å². The smallest absolute Gasteiger partial charge is 0.327 e. The van der Waals surface area contributed by atoms with Crippen molar-refractivity contribution < 1.29 is 9.84 Å². The summed E-state index contributed by atoms with van der Waals surface area (Å²) >= 11 is 0. The molecule has 0 aliphatic rings. The first-order chi connectivity index (χ1) is 12.8. The molecule has 0 fully saturated rings. The summed E-state index contributed by atoms with van der Waals surface area (Å²) in [5.41, 5.74) is 1.89. The number of aromatic nitrogens is 5. The minimum absolute atomic E-state index is 0.0144. The van der Waals surface area contributed by atoms with Crippen LogP contribution < -0.4 is 16.0 Å². The predicted molar refractivity (Wildman–Crippen MR) is 101 cm³/mol. The second-order valence-electron chi connectivity index (χ2n) is 6.66. The normalized spacial score (nSPS) is 11.7. The molecule has 4 rings (SSSR count). The van der Waals surface area contributed by atoms with Gasteiger partial charge in [0.05, 0.1) is 18.0 Å². The lowest BCUT2D eigenvalue weighted by atomic mass is 10.0. The fourth-order valence-corrected chi connectivity index (χ4v) is 3.36. The third-order valence-corrected chi connectivity index (χ3v) is 4.68. The summed E-state index contributed by atoms with van der Waals surface area (Å²) in [6.45, 7) is 3.86. The molecule has 0 unspecified atom stereocenters. The van der Waals surface area contributed by atoms with E-state index in [2.05, 4.69) is 15.1 Å². The Bertz CT molecular complexity index is 1310. The number of aromatic amines is 2. The van der Waals surface area contributed by atoms with Crippen molar-refractivity contribution in [3.05, 3.63) is 39.0 Å². The quantitative estimate of drug-likeness (QED) is 0.509. The molecule has 3 N–H and O–H groups in total. The van der Waals surface area contributed by atoms with Crippen molar-refractivity contribution in [1.82, 2.24) is 24.3 Å². The van der Waals surface area contributed by atoms with Crippen molar-refractivity contribution in [2.75, 3.05) is 7.11 Å². The summed E-state index contributed by atoms with van der Waals surface area (Å²) in [7, 11) is 3.06. The van der Waals surface area contributed by atoms with Gasteiger partial charge in [0, 0.05) is 18.7 Å². The van der Waals surface area contributed by atoms with Crippen LogP contribution >= 0.6 is 0 Å². The molecule has 0 saturated carbocycles. The molecule has 9 heteroatoms. The Morgan fingerprint density at radius 2 is 2.00 bits per heavy atom.